The molecule has 18 heavy (non-hydrogen) atoms. The van der Waals surface area contributed by atoms with Gasteiger partial charge in [0.1, 0.15) is 0 Å². The van der Waals surface area contributed by atoms with Gasteiger partial charge in [-0.15, -0.1) is 0 Å². The molecule has 2 aliphatic rings. The summed E-state index contributed by atoms with van der Waals surface area (Å²) in [5.74, 6) is 0.738. The van der Waals surface area contributed by atoms with E-state index in [0.29, 0.717) is 0 Å². The molecule has 0 atom stereocenters. The Labute approximate surface area is 115 Å². The van der Waals surface area contributed by atoms with Crippen molar-refractivity contribution in [3.63, 3.8) is 0 Å². The molecule has 0 aliphatic carbocycles. The SMILES string of the molecule is CCN1/C=C(/C2CCNCC2)C/C=C\C(Cl)=C/C1. The Morgan fingerprint density at radius 3 is 2.89 bits per heavy atom. The second-order valence-corrected chi connectivity index (χ2v) is 5.45. The smallest absolute Gasteiger partial charge is 0.0380 e. The molecule has 2 aliphatic heterocycles. The van der Waals surface area contributed by atoms with Crippen LogP contribution < -0.4 is 5.32 Å². The zero-order valence-electron chi connectivity index (χ0n) is 11.2. The van der Waals surface area contributed by atoms with Crippen LogP contribution in [0.25, 0.3) is 0 Å². The largest absolute Gasteiger partial charge is 0.374 e. The van der Waals surface area contributed by atoms with Gasteiger partial charge in [0.05, 0.1) is 0 Å². The molecule has 1 fully saturated rings. The quantitative estimate of drug-likeness (QED) is 0.825. The van der Waals surface area contributed by atoms with E-state index in [1.54, 1.807) is 5.57 Å². The number of likely N-dealkylation sites (N-methyl/N-ethyl adjacent to an activating group) is 1. The molecule has 3 heteroatoms. The molecule has 1 N–H and O–H groups in total. The van der Waals surface area contributed by atoms with E-state index in [0.717, 1.165) is 43.6 Å². The first-order valence-corrected chi connectivity index (χ1v) is 7.35. The number of piperidine rings is 1. The van der Waals surface area contributed by atoms with Gasteiger partial charge in [-0.1, -0.05) is 17.7 Å². The molecule has 0 aromatic rings. The number of nitrogens with zero attached hydrogens (tertiary/aromatic N) is 1. The van der Waals surface area contributed by atoms with Crippen LogP contribution in [0, 0.1) is 5.92 Å². The third-order valence-corrected chi connectivity index (χ3v) is 4.05. The summed E-state index contributed by atoms with van der Waals surface area (Å²) in [5.41, 5.74) is 1.56. The minimum Gasteiger partial charge on any atom is -0.374 e. The van der Waals surface area contributed by atoms with Gasteiger partial charge in [0, 0.05) is 18.1 Å². The number of halogens is 1. The Hall–Kier alpha value is -0.730. The monoisotopic (exact) mass is 266 g/mol. The zero-order chi connectivity index (χ0) is 12.8. The maximum absolute atomic E-state index is 6.14. The number of hydrogen-bond donors (Lipinski definition) is 1. The molecule has 2 nitrogen and oxygen atoms in total. The molecule has 0 aromatic heterocycles. The van der Waals surface area contributed by atoms with E-state index in [1.807, 2.05) is 6.08 Å². The van der Waals surface area contributed by atoms with Crippen molar-refractivity contribution in [3.05, 3.63) is 35.0 Å². The van der Waals surface area contributed by atoms with E-state index in [1.165, 1.54) is 12.8 Å². The van der Waals surface area contributed by atoms with E-state index in [9.17, 15) is 0 Å². The number of allylic oxidation sites excluding steroid dienone is 4. The number of hydrogen-bond acceptors (Lipinski definition) is 2. The molecule has 100 valence electrons. The fourth-order valence-corrected chi connectivity index (χ4v) is 2.76. The van der Waals surface area contributed by atoms with Gasteiger partial charge in [-0.3, -0.25) is 0 Å². The van der Waals surface area contributed by atoms with Crippen molar-refractivity contribution in [2.75, 3.05) is 26.2 Å². The first kappa shape index (κ1) is 13.7. The molecular formula is C15H23ClN2. The van der Waals surface area contributed by atoms with Crippen molar-refractivity contribution in [2.24, 2.45) is 5.92 Å². The van der Waals surface area contributed by atoms with Crippen LogP contribution >= 0.6 is 11.6 Å². The highest BCUT2D eigenvalue weighted by atomic mass is 35.5. The maximum Gasteiger partial charge on any atom is 0.0380 e. The molecule has 0 aromatic carbocycles. The average molecular weight is 267 g/mol. The minimum absolute atomic E-state index is 0.738. The Morgan fingerprint density at radius 2 is 2.17 bits per heavy atom. The van der Waals surface area contributed by atoms with Gasteiger partial charge in [0.2, 0.25) is 0 Å². The molecular weight excluding hydrogens is 244 g/mol. The van der Waals surface area contributed by atoms with Gasteiger partial charge >= 0.3 is 0 Å². The van der Waals surface area contributed by atoms with Crippen molar-refractivity contribution < 1.29 is 0 Å². The first-order chi connectivity index (χ1) is 8.79. The lowest BCUT2D eigenvalue weighted by atomic mass is 9.88. The van der Waals surface area contributed by atoms with Crippen LogP contribution in [0.3, 0.4) is 0 Å². The lowest BCUT2D eigenvalue weighted by molar-refractivity contribution is 0.390. The highest BCUT2D eigenvalue weighted by Gasteiger charge is 2.17. The summed E-state index contributed by atoms with van der Waals surface area (Å²) in [6, 6.07) is 0. The van der Waals surface area contributed by atoms with Crippen LogP contribution in [0.2, 0.25) is 0 Å². The second kappa shape index (κ2) is 7.01. The van der Waals surface area contributed by atoms with E-state index in [4.69, 9.17) is 11.6 Å². The van der Waals surface area contributed by atoms with E-state index in [-0.39, 0.29) is 0 Å². The summed E-state index contributed by atoms with van der Waals surface area (Å²) in [7, 11) is 0. The third-order valence-electron chi connectivity index (χ3n) is 3.77. The van der Waals surface area contributed by atoms with E-state index < -0.39 is 0 Å². The molecule has 0 radical (unpaired) electrons. The summed E-state index contributed by atoms with van der Waals surface area (Å²) in [4.78, 5) is 2.35. The van der Waals surface area contributed by atoms with E-state index >= 15 is 0 Å². The Balaban J connectivity index is 2.12. The zero-order valence-corrected chi connectivity index (χ0v) is 11.9. The molecule has 0 bridgehead atoms. The summed E-state index contributed by atoms with van der Waals surface area (Å²) in [6.45, 7) is 6.45. The fraction of sp³-hybridized carbons (Fsp3) is 0.600. The summed E-state index contributed by atoms with van der Waals surface area (Å²) in [5, 5.41) is 4.29. The molecule has 0 amide bonds. The van der Waals surface area contributed by atoms with Gasteiger partial charge in [0.25, 0.3) is 0 Å². The van der Waals surface area contributed by atoms with Crippen LogP contribution in [-0.4, -0.2) is 31.1 Å². The van der Waals surface area contributed by atoms with Crippen LogP contribution in [0.4, 0.5) is 0 Å². The Kier molecular flexibility index (Phi) is 5.33. The third kappa shape index (κ3) is 3.89. The molecule has 0 spiro atoms. The predicted molar refractivity (Wildman–Crippen MR) is 78.6 cm³/mol. The Bertz CT molecular complexity index is 352. The number of rotatable bonds is 2. The topological polar surface area (TPSA) is 15.3 Å². The van der Waals surface area contributed by atoms with Crippen molar-refractivity contribution >= 4 is 11.6 Å². The van der Waals surface area contributed by atoms with Crippen molar-refractivity contribution in [1.29, 1.82) is 0 Å². The Morgan fingerprint density at radius 1 is 1.39 bits per heavy atom. The average Bonchev–Trinajstić information content (AvgIpc) is 2.50. The summed E-state index contributed by atoms with van der Waals surface area (Å²) in [6.07, 6.45) is 12.2. The molecule has 0 saturated carbocycles. The lowest BCUT2D eigenvalue weighted by Gasteiger charge is -2.27. The van der Waals surface area contributed by atoms with Gasteiger partial charge in [-0.05, 0) is 69.1 Å². The van der Waals surface area contributed by atoms with Crippen LogP contribution in [0.15, 0.2) is 35.0 Å². The number of nitrogens with one attached hydrogen (secondary N) is 1. The van der Waals surface area contributed by atoms with Crippen molar-refractivity contribution in [2.45, 2.75) is 26.2 Å². The van der Waals surface area contributed by atoms with Gasteiger partial charge in [0.15, 0.2) is 0 Å². The highest BCUT2D eigenvalue weighted by molar-refractivity contribution is 6.31. The van der Waals surface area contributed by atoms with Gasteiger partial charge < -0.3 is 10.2 Å². The van der Waals surface area contributed by atoms with Crippen LogP contribution in [0.5, 0.6) is 0 Å². The normalized spacial score (nSPS) is 30.4. The second-order valence-electron chi connectivity index (χ2n) is 5.01. The standard InChI is InChI=1S/C15H23ClN2/c1-2-18-11-8-15(16)5-3-4-14(12-18)13-6-9-17-10-7-13/h3,5,8,12-13,17H,2,4,6-7,9-11H2,1H3/b5-3-,14-12+,15-8+. The minimum atomic E-state index is 0.738. The molecule has 0 unspecified atom stereocenters. The molecule has 2 rings (SSSR count). The summed E-state index contributed by atoms with van der Waals surface area (Å²) >= 11 is 6.14. The van der Waals surface area contributed by atoms with Crippen molar-refractivity contribution in [3.8, 4) is 0 Å². The first-order valence-electron chi connectivity index (χ1n) is 6.97. The van der Waals surface area contributed by atoms with Crippen LogP contribution in [-0.2, 0) is 0 Å². The van der Waals surface area contributed by atoms with Crippen molar-refractivity contribution in [1.82, 2.24) is 10.2 Å². The lowest BCUT2D eigenvalue weighted by Crippen LogP contribution is -2.29. The summed E-state index contributed by atoms with van der Waals surface area (Å²) < 4.78 is 0. The van der Waals surface area contributed by atoms with E-state index in [2.05, 4.69) is 35.5 Å². The maximum atomic E-state index is 6.14. The molecule has 2 heterocycles. The highest BCUT2D eigenvalue weighted by Crippen LogP contribution is 2.26. The van der Waals surface area contributed by atoms with Crippen LogP contribution in [0.1, 0.15) is 26.2 Å². The van der Waals surface area contributed by atoms with Gasteiger partial charge in [-0.25, -0.2) is 0 Å². The molecule has 1 saturated heterocycles. The fourth-order valence-electron chi connectivity index (χ4n) is 2.61. The van der Waals surface area contributed by atoms with Gasteiger partial charge in [-0.2, -0.15) is 0 Å². The predicted octanol–water partition coefficient (Wildman–Crippen LogP) is 3.27.